The van der Waals surface area contributed by atoms with E-state index in [1.807, 2.05) is 30.3 Å². The standard InChI is InChI=1S/C27H29BrN2O2S/c1-27(2,3)20-11-9-18(10-12-20)17-30-21-16-25(28)33-24(21)15-22(30)26(31)29-14-13-19-7-5-6-8-23(19)32-4/h5-12,15-16H,13-14,17H2,1-4H3,(H,29,31). The minimum Gasteiger partial charge on any atom is -0.496 e. The number of halogens is 1. The molecule has 0 spiro atoms. The van der Waals surface area contributed by atoms with Crippen molar-refractivity contribution in [1.82, 2.24) is 9.88 Å². The quantitative estimate of drug-likeness (QED) is 0.289. The van der Waals surface area contributed by atoms with E-state index in [2.05, 4.69) is 76.9 Å². The topological polar surface area (TPSA) is 43.3 Å². The Bertz CT molecular complexity index is 1270. The third-order valence-electron chi connectivity index (χ3n) is 5.83. The lowest BCUT2D eigenvalue weighted by molar-refractivity contribution is 0.0945. The summed E-state index contributed by atoms with van der Waals surface area (Å²) in [6.45, 7) is 7.84. The zero-order valence-corrected chi connectivity index (χ0v) is 21.8. The Morgan fingerprint density at radius 3 is 2.52 bits per heavy atom. The number of methoxy groups -OCH3 is 1. The normalized spacial score (nSPS) is 11.7. The predicted octanol–water partition coefficient (Wildman–Crippen LogP) is 6.79. The highest BCUT2D eigenvalue weighted by Crippen LogP contribution is 2.33. The second-order valence-corrected chi connectivity index (χ2v) is 11.6. The van der Waals surface area contributed by atoms with Crippen LogP contribution in [-0.2, 0) is 18.4 Å². The Balaban J connectivity index is 1.54. The summed E-state index contributed by atoms with van der Waals surface area (Å²) in [6, 6.07) is 20.7. The second kappa shape index (κ2) is 9.74. The fourth-order valence-corrected chi connectivity index (χ4v) is 5.54. The largest absolute Gasteiger partial charge is 0.496 e. The van der Waals surface area contributed by atoms with Crippen LogP contribution in [0.15, 0.2) is 64.5 Å². The maximum Gasteiger partial charge on any atom is 0.267 e. The molecule has 1 amide bonds. The van der Waals surface area contributed by atoms with E-state index in [4.69, 9.17) is 4.74 Å². The lowest BCUT2D eigenvalue weighted by atomic mass is 9.87. The Morgan fingerprint density at radius 2 is 1.82 bits per heavy atom. The molecule has 0 saturated heterocycles. The minimum absolute atomic E-state index is 0.0595. The Morgan fingerprint density at radius 1 is 1.09 bits per heavy atom. The number of thiophene rings is 1. The third kappa shape index (κ3) is 5.33. The maximum absolute atomic E-state index is 13.2. The van der Waals surface area contributed by atoms with Crippen molar-refractivity contribution in [3.05, 3.63) is 86.8 Å². The van der Waals surface area contributed by atoms with Crippen LogP contribution in [0.3, 0.4) is 0 Å². The first-order valence-corrected chi connectivity index (χ1v) is 12.7. The highest BCUT2D eigenvalue weighted by atomic mass is 79.9. The van der Waals surface area contributed by atoms with Crippen molar-refractivity contribution < 1.29 is 9.53 Å². The van der Waals surface area contributed by atoms with Crippen LogP contribution in [0.25, 0.3) is 10.2 Å². The van der Waals surface area contributed by atoms with Gasteiger partial charge in [-0.1, -0.05) is 63.2 Å². The smallest absolute Gasteiger partial charge is 0.267 e. The van der Waals surface area contributed by atoms with E-state index in [0.29, 0.717) is 25.2 Å². The summed E-state index contributed by atoms with van der Waals surface area (Å²) in [5.41, 5.74) is 5.43. The van der Waals surface area contributed by atoms with Gasteiger partial charge in [-0.2, -0.15) is 0 Å². The predicted molar refractivity (Wildman–Crippen MR) is 141 cm³/mol. The van der Waals surface area contributed by atoms with Gasteiger partial charge in [-0.3, -0.25) is 4.79 Å². The van der Waals surface area contributed by atoms with Gasteiger partial charge in [0.05, 0.1) is 21.1 Å². The van der Waals surface area contributed by atoms with Crippen molar-refractivity contribution in [3.8, 4) is 5.75 Å². The van der Waals surface area contributed by atoms with Gasteiger partial charge in [0.15, 0.2) is 0 Å². The molecule has 0 aliphatic rings. The van der Waals surface area contributed by atoms with Gasteiger partial charge in [0.2, 0.25) is 0 Å². The molecule has 0 aliphatic carbocycles. The number of hydrogen-bond donors (Lipinski definition) is 1. The molecule has 2 heterocycles. The monoisotopic (exact) mass is 524 g/mol. The molecule has 33 heavy (non-hydrogen) atoms. The number of nitrogens with zero attached hydrogens (tertiary/aromatic N) is 1. The SMILES string of the molecule is COc1ccccc1CCNC(=O)c1cc2sc(Br)cc2n1Cc1ccc(C(C)(C)C)cc1. The Kier molecular flexibility index (Phi) is 6.96. The third-order valence-corrected chi connectivity index (χ3v) is 7.40. The van der Waals surface area contributed by atoms with E-state index >= 15 is 0 Å². The summed E-state index contributed by atoms with van der Waals surface area (Å²) < 4.78 is 9.70. The average Bonchev–Trinajstić information content (AvgIpc) is 3.30. The first kappa shape index (κ1) is 23.6. The Labute approximate surface area is 207 Å². The molecule has 0 aliphatic heterocycles. The molecule has 1 N–H and O–H groups in total. The molecule has 2 aromatic carbocycles. The minimum atomic E-state index is -0.0595. The summed E-state index contributed by atoms with van der Waals surface area (Å²) in [4.78, 5) is 13.2. The van der Waals surface area contributed by atoms with Crippen molar-refractivity contribution in [3.63, 3.8) is 0 Å². The molecule has 0 fully saturated rings. The molecule has 0 unspecified atom stereocenters. The number of para-hydroxylation sites is 1. The van der Waals surface area contributed by atoms with E-state index < -0.39 is 0 Å². The van der Waals surface area contributed by atoms with Crippen LogP contribution >= 0.6 is 27.3 Å². The average molecular weight is 526 g/mol. The van der Waals surface area contributed by atoms with Crippen LogP contribution in [0, 0.1) is 0 Å². The highest BCUT2D eigenvalue weighted by molar-refractivity contribution is 9.11. The van der Waals surface area contributed by atoms with E-state index in [1.54, 1.807) is 18.4 Å². The van der Waals surface area contributed by atoms with Crippen molar-refractivity contribution in [1.29, 1.82) is 0 Å². The number of nitrogens with one attached hydrogen (secondary N) is 1. The molecule has 4 nitrogen and oxygen atoms in total. The van der Waals surface area contributed by atoms with Gasteiger partial charge in [0.1, 0.15) is 11.4 Å². The number of carbonyl (C=O) groups is 1. The first-order valence-electron chi connectivity index (χ1n) is 11.0. The van der Waals surface area contributed by atoms with Crippen LogP contribution in [0.2, 0.25) is 0 Å². The molecule has 172 valence electrons. The number of ether oxygens (including phenoxy) is 1. The lowest BCUT2D eigenvalue weighted by Crippen LogP contribution is -2.28. The van der Waals surface area contributed by atoms with Crippen LogP contribution in [0.4, 0.5) is 0 Å². The fraction of sp³-hybridized carbons (Fsp3) is 0.296. The summed E-state index contributed by atoms with van der Waals surface area (Å²) in [5.74, 6) is 0.787. The maximum atomic E-state index is 13.2. The number of amides is 1. The van der Waals surface area contributed by atoms with Crippen LogP contribution in [0.5, 0.6) is 5.75 Å². The van der Waals surface area contributed by atoms with Crippen molar-refractivity contribution in [2.45, 2.75) is 39.2 Å². The van der Waals surface area contributed by atoms with Gasteiger partial charge in [-0.15, -0.1) is 11.3 Å². The van der Waals surface area contributed by atoms with Gasteiger partial charge in [0, 0.05) is 13.1 Å². The number of benzene rings is 2. The number of hydrogen-bond acceptors (Lipinski definition) is 3. The number of carbonyl (C=O) groups excluding carboxylic acids is 1. The van der Waals surface area contributed by atoms with Crippen molar-refractivity contribution in [2.75, 3.05) is 13.7 Å². The second-order valence-electron chi connectivity index (χ2n) is 9.18. The summed E-state index contributed by atoms with van der Waals surface area (Å²) in [5, 5.41) is 3.10. The zero-order valence-electron chi connectivity index (χ0n) is 19.4. The van der Waals surface area contributed by atoms with Crippen LogP contribution in [0.1, 0.15) is 48.0 Å². The van der Waals surface area contributed by atoms with E-state index in [9.17, 15) is 4.79 Å². The first-order chi connectivity index (χ1) is 15.8. The van der Waals surface area contributed by atoms with E-state index in [0.717, 1.165) is 25.3 Å². The molecule has 4 aromatic rings. The molecular weight excluding hydrogens is 496 g/mol. The van der Waals surface area contributed by atoms with E-state index in [1.165, 1.54) is 11.1 Å². The number of rotatable bonds is 7. The summed E-state index contributed by atoms with van der Waals surface area (Å²) in [7, 11) is 1.67. The summed E-state index contributed by atoms with van der Waals surface area (Å²) >= 11 is 5.24. The van der Waals surface area contributed by atoms with Gasteiger partial charge < -0.3 is 14.6 Å². The van der Waals surface area contributed by atoms with Gasteiger partial charge >= 0.3 is 0 Å². The molecule has 0 saturated carbocycles. The molecular formula is C27H29BrN2O2S. The molecule has 6 heteroatoms. The molecule has 0 bridgehead atoms. The number of aromatic nitrogens is 1. The van der Waals surface area contributed by atoms with Crippen LogP contribution in [-0.4, -0.2) is 24.1 Å². The van der Waals surface area contributed by atoms with Gasteiger partial charge in [-0.25, -0.2) is 0 Å². The van der Waals surface area contributed by atoms with Gasteiger partial charge in [-0.05, 0) is 62.7 Å². The van der Waals surface area contributed by atoms with E-state index in [-0.39, 0.29) is 11.3 Å². The zero-order chi connectivity index (χ0) is 23.6. The van der Waals surface area contributed by atoms with Gasteiger partial charge in [0.25, 0.3) is 5.91 Å². The fourth-order valence-electron chi connectivity index (χ4n) is 3.97. The molecule has 2 aromatic heterocycles. The highest BCUT2D eigenvalue weighted by Gasteiger charge is 2.19. The van der Waals surface area contributed by atoms with Crippen LogP contribution < -0.4 is 10.1 Å². The summed E-state index contributed by atoms with van der Waals surface area (Å²) in [6.07, 6.45) is 0.713. The van der Waals surface area contributed by atoms with Crippen molar-refractivity contribution >= 4 is 43.4 Å². The Hall–Kier alpha value is -2.57. The molecule has 0 radical (unpaired) electrons. The molecule has 4 rings (SSSR count). The lowest BCUT2D eigenvalue weighted by Gasteiger charge is -2.19. The van der Waals surface area contributed by atoms with Crippen molar-refractivity contribution in [2.24, 2.45) is 0 Å². The molecule has 0 atom stereocenters. The number of fused-ring (bicyclic) bond motifs is 1.